The summed E-state index contributed by atoms with van der Waals surface area (Å²) in [4.78, 5) is 25.8. The maximum Gasteiger partial charge on any atom is 0.416 e. The molecule has 0 saturated heterocycles. The van der Waals surface area contributed by atoms with Crippen molar-refractivity contribution in [1.29, 1.82) is 0 Å². The summed E-state index contributed by atoms with van der Waals surface area (Å²) in [5.41, 5.74) is 1.63. The molecule has 5 rings (SSSR count). The standard InChI is InChI=1S/C30H19Cl2F3N2O3/c31-22-11-6-19(7-12-22)28(38)36-26-24-15-20(18-4-9-21(10-5-18)30(33,34)35)8-13-25(24)37(27(26)29(39)40)16-17-2-1-3-23(32)14-17/h1-15H,16H2,(H,36,38)(H,39,40). The Morgan fingerprint density at radius 2 is 1.50 bits per heavy atom. The van der Waals surface area contributed by atoms with Gasteiger partial charge >= 0.3 is 12.1 Å². The van der Waals surface area contributed by atoms with Gasteiger partial charge in [-0.05, 0) is 77.4 Å². The number of amides is 1. The number of aromatic nitrogens is 1. The van der Waals surface area contributed by atoms with Gasteiger partial charge in [0.1, 0.15) is 0 Å². The number of benzene rings is 4. The zero-order valence-electron chi connectivity index (χ0n) is 20.5. The topological polar surface area (TPSA) is 71.3 Å². The van der Waals surface area contributed by atoms with Gasteiger partial charge in [0, 0.05) is 27.5 Å². The number of carboxylic acid groups (broad SMARTS) is 1. The minimum absolute atomic E-state index is 0.0539. The molecule has 0 bridgehead atoms. The Morgan fingerprint density at radius 3 is 2.12 bits per heavy atom. The van der Waals surface area contributed by atoms with Gasteiger partial charge in [-0.3, -0.25) is 4.79 Å². The van der Waals surface area contributed by atoms with Crippen LogP contribution in [0.4, 0.5) is 18.9 Å². The molecule has 4 aromatic carbocycles. The van der Waals surface area contributed by atoms with Crippen LogP contribution in [0.5, 0.6) is 0 Å². The third-order valence-corrected chi connectivity index (χ3v) is 6.87. The number of halogens is 5. The predicted molar refractivity (Wildman–Crippen MR) is 149 cm³/mol. The van der Waals surface area contributed by atoms with Gasteiger partial charge in [-0.15, -0.1) is 0 Å². The molecule has 0 aliphatic rings. The number of hydrogen-bond donors (Lipinski definition) is 2. The van der Waals surface area contributed by atoms with E-state index in [1.165, 1.54) is 24.3 Å². The number of carbonyl (C=O) groups is 2. The summed E-state index contributed by atoms with van der Waals surface area (Å²) < 4.78 is 40.8. The molecule has 0 aliphatic carbocycles. The lowest BCUT2D eigenvalue weighted by Crippen LogP contribution is -2.16. The molecule has 2 N–H and O–H groups in total. The van der Waals surface area contributed by atoms with Crippen molar-refractivity contribution in [2.24, 2.45) is 0 Å². The van der Waals surface area contributed by atoms with Gasteiger partial charge in [0.25, 0.3) is 5.91 Å². The first-order chi connectivity index (χ1) is 19.0. The molecular formula is C30H19Cl2F3N2O3. The van der Waals surface area contributed by atoms with Crippen LogP contribution < -0.4 is 5.32 Å². The number of nitrogens with zero attached hydrogens (tertiary/aromatic N) is 1. The van der Waals surface area contributed by atoms with Crippen LogP contribution in [0.25, 0.3) is 22.0 Å². The first kappa shape index (κ1) is 27.3. The molecule has 10 heteroatoms. The number of fused-ring (bicyclic) bond motifs is 1. The SMILES string of the molecule is O=C(Nc1c(C(=O)O)n(Cc2cccc(Cl)c2)c2ccc(-c3ccc(C(F)(F)F)cc3)cc12)c1ccc(Cl)cc1. The molecule has 0 aliphatic heterocycles. The summed E-state index contributed by atoms with van der Waals surface area (Å²) >= 11 is 12.1. The minimum Gasteiger partial charge on any atom is -0.477 e. The lowest BCUT2D eigenvalue weighted by atomic mass is 10.0. The molecular weight excluding hydrogens is 564 g/mol. The normalized spacial score (nSPS) is 11.5. The summed E-state index contributed by atoms with van der Waals surface area (Å²) in [6, 6.07) is 22.7. The molecule has 0 atom stereocenters. The summed E-state index contributed by atoms with van der Waals surface area (Å²) in [7, 11) is 0. The third kappa shape index (κ3) is 5.54. The highest BCUT2D eigenvalue weighted by atomic mass is 35.5. The molecule has 0 unspecified atom stereocenters. The van der Waals surface area contributed by atoms with E-state index in [1.807, 2.05) is 0 Å². The molecule has 5 nitrogen and oxygen atoms in total. The van der Waals surface area contributed by atoms with E-state index >= 15 is 0 Å². The van der Waals surface area contributed by atoms with Crippen molar-refractivity contribution in [3.63, 3.8) is 0 Å². The molecule has 5 aromatic rings. The van der Waals surface area contributed by atoms with Crippen molar-refractivity contribution in [1.82, 2.24) is 4.57 Å². The molecule has 1 heterocycles. The molecule has 1 amide bonds. The molecule has 202 valence electrons. The fourth-order valence-corrected chi connectivity index (χ4v) is 4.84. The Morgan fingerprint density at radius 1 is 0.825 bits per heavy atom. The monoisotopic (exact) mass is 582 g/mol. The minimum atomic E-state index is -4.48. The van der Waals surface area contributed by atoms with E-state index < -0.39 is 23.6 Å². The maximum atomic E-state index is 13.2. The Labute approximate surface area is 236 Å². The average Bonchev–Trinajstić information content (AvgIpc) is 3.21. The number of hydrogen-bond acceptors (Lipinski definition) is 2. The second kappa shape index (κ2) is 10.7. The summed E-state index contributed by atoms with van der Waals surface area (Å²) in [6.45, 7) is 0.134. The van der Waals surface area contributed by atoms with E-state index in [4.69, 9.17) is 23.2 Å². The molecule has 1 aromatic heterocycles. The molecule has 0 saturated carbocycles. The van der Waals surface area contributed by atoms with Gasteiger partial charge in [-0.25, -0.2) is 4.79 Å². The third-order valence-electron chi connectivity index (χ3n) is 6.39. The summed E-state index contributed by atoms with van der Waals surface area (Å²) in [6.07, 6.45) is -4.48. The van der Waals surface area contributed by atoms with Gasteiger partial charge in [0.15, 0.2) is 5.69 Å². The van der Waals surface area contributed by atoms with E-state index in [9.17, 15) is 27.9 Å². The molecule has 0 fully saturated rings. The number of carboxylic acids is 1. The summed E-state index contributed by atoms with van der Waals surface area (Å²) in [5.74, 6) is -1.83. The van der Waals surface area contributed by atoms with Gasteiger partial charge in [0.2, 0.25) is 0 Å². The number of aromatic carboxylic acids is 1. The largest absolute Gasteiger partial charge is 0.477 e. The zero-order valence-corrected chi connectivity index (χ0v) is 22.0. The highest BCUT2D eigenvalue weighted by Crippen LogP contribution is 2.37. The van der Waals surface area contributed by atoms with Crippen LogP contribution >= 0.6 is 23.2 Å². The van der Waals surface area contributed by atoms with Crippen molar-refractivity contribution in [3.05, 3.63) is 123 Å². The second-order valence-electron chi connectivity index (χ2n) is 9.01. The fourth-order valence-electron chi connectivity index (χ4n) is 4.50. The predicted octanol–water partition coefficient (Wildman–Crippen LogP) is 8.63. The number of nitrogens with one attached hydrogen (secondary N) is 1. The number of alkyl halides is 3. The van der Waals surface area contributed by atoms with Gasteiger partial charge in [-0.2, -0.15) is 13.2 Å². The van der Waals surface area contributed by atoms with Crippen LogP contribution in [0.2, 0.25) is 10.0 Å². The average molecular weight is 583 g/mol. The van der Waals surface area contributed by atoms with E-state index in [1.54, 1.807) is 59.2 Å². The van der Waals surface area contributed by atoms with Crippen molar-refractivity contribution < 1.29 is 27.9 Å². The lowest BCUT2D eigenvalue weighted by molar-refractivity contribution is -0.137. The Kier molecular flexibility index (Phi) is 7.31. The van der Waals surface area contributed by atoms with Crippen LogP contribution in [0.15, 0.2) is 91.0 Å². The Hall–Kier alpha value is -4.27. The van der Waals surface area contributed by atoms with Gasteiger partial charge < -0.3 is 15.0 Å². The number of rotatable bonds is 6. The number of anilines is 1. The van der Waals surface area contributed by atoms with Crippen LogP contribution in [-0.4, -0.2) is 21.6 Å². The van der Waals surface area contributed by atoms with Crippen molar-refractivity contribution >= 4 is 51.7 Å². The van der Waals surface area contributed by atoms with Crippen LogP contribution in [0.3, 0.4) is 0 Å². The molecule has 0 spiro atoms. The highest BCUT2D eigenvalue weighted by molar-refractivity contribution is 6.31. The lowest BCUT2D eigenvalue weighted by Gasteiger charge is -2.10. The second-order valence-corrected chi connectivity index (χ2v) is 9.89. The van der Waals surface area contributed by atoms with Crippen LogP contribution in [0, 0.1) is 0 Å². The first-order valence-corrected chi connectivity index (χ1v) is 12.7. The van der Waals surface area contributed by atoms with Crippen LogP contribution in [-0.2, 0) is 12.7 Å². The number of carbonyl (C=O) groups excluding carboxylic acids is 1. The van der Waals surface area contributed by atoms with Crippen molar-refractivity contribution in [2.75, 3.05) is 5.32 Å². The van der Waals surface area contributed by atoms with Crippen molar-refractivity contribution in [2.45, 2.75) is 12.7 Å². The van der Waals surface area contributed by atoms with Gasteiger partial charge in [-0.1, -0.05) is 53.5 Å². The molecule has 40 heavy (non-hydrogen) atoms. The maximum absolute atomic E-state index is 13.2. The highest BCUT2D eigenvalue weighted by Gasteiger charge is 2.30. The van der Waals surface area contributed by atoms with E-state index in [2.05, 4.69) is 5.32 Å². The fraction of sp³-hybridized carbons (Fsp3) is 0.0667. The van der Waals surface area contributed by atoms with Crippen molar-refractivity contribution in [3.8, 4) is 11.1 Å². The summed E-state index contributed by atoms with van der Waals surface area (Å²) in [5, 5.41) is 14.3. The zero-order chi connectivity index (χ0) is 28.6. The first-order valence-electron chi connectivity index (χ1n) is 11.9. The van der Waals surface area contributed by atoms with Gasteiger partial charge in [0.05, 0.1) is 16.8 Å². The molecule has 0 radical (unpaired) electrons. The quantitative estimate of drug-likeness (QED) is 0.210. The smallest absolute Gasteiger partial charge is 0.416 e. The van der Waals surface area contributed by atoms with E-state index in [0.29, 0.717) is 32.1 Å². The Bertz CT molecular complexity index is 1750. The van der Waals surface area contributed by atoms with Crippen LogP contribution in [0.1, 0.15) is 32.0 Å². The van der Waals surface area contributed by atoms with E-state index in [0.717, 1.165) is 17.7 Å². The van der Waals surface area contributed by atoms with E-state index in [-0.39, 0.29) is 23.5 Å². The Balaban J connectivity index is 1.67.